The molecule has 0 fully saturated rings. The van der Waals surface area contributed by atoms with Gasteiger partial charge in [0.15, 0.2) is 0 Å². The van der Waals surface area contributed by atoms with Gasteiger partial charge in [0, 0.05) is 21.5 Å². The Balaban J connectivity index is 1.85. The summed E-state index contributed by atoms with van der Waals surface area (Å²) in [5.74, 6) is -0.251. The first-order chi connectivity index (χ1) is 10.0. The molecule has 21 heavy (non-hydrogen) atoms. The number of rotatable bonds is 2. The SMILES string of the molecule is O=C(N[C@@H]1c2ccccc2C[C@@H]1O)c1cc(Cl)cc(Br)c1. The minimum Gasteiger partial charge on any atom is -0.390 e. The van der Waals surface area contributed by atoms with E-state index in [1.807, 2.05) is 24.3 Å². The van der Waals surface area contributed by atoms with Gasteiger partial charge in [-0.2, -0.15) is 0 Å². The molecule has 0 heterocycles. The Morgan fingerprint density at radius 1 is 1.29 bits per heavy atom. The number of carbonyl (C=O) groups is 1. The summed E-state index contributed by atoms with van der Waals surface area (Å²) in [5.41, 5.74) is 2.51. The molecule has 0 bridgehead atoms. The van der Waals surface area contributed by atoms with Crippen LogP contribution in [0.5, 0.6) is 0 Å². The van der Waals surface area contributed by atoms with Crippen LogP contribution in [0.25, 0.3) is 0 Å². The highest BCUT2D eigenvalue weighted by atomic mass is 79.9. The zero-order valence-electron chi connectivity index (χ0n) is 11.0. The van der Waals surface area contributed by atoms with Gasteiger partial charge in [0.1, 0.15) is 0 Å². The molecule has 0 saturated heterocycles. The van der Waals surface area contributed by atoms with Crippen LogP contribution in [-0.2, 0) is 6.42 Å². The predicted molar refractivity (Wildman–Crippen MR) is 85.5 cm³/mol. The Labute approximate surface area is 136 Å². The Bertz CT molecular complexity index is 684. The third-order valence-electron chi connectivity index (χ3n) is 3.62. The van der Waals surface area contributed by atoms with Gasteiger partial charge >= 0.3 is 0 Å². The average Bonchev–Trinajstić information content (AvgIpc) is 2.74. The third kappa shape index (κ3) is 2.98. The molecular weight excluding hydrogens is 354 g/mol. The van der Waals surface area contributed by atoms with Crippen molar-refractivity contribution >= 4 is 33.4 Å². The van der Waals surface area contributed by atoms with Crippen molar-refractivity contribution in [2.24, 2.45) is 0 Å². The minimum atomic E-state index is -0.603. The van der Waals surface area contributed by atoms with Crippen molar-refractivity contribution in [2.75, 3.05) is 0 Å². The summed E-state index contributed by atoms with van der Waals surface area (Å²) in [4.78, 5) is 12.4. The van der Waals surface area contributed by atoms with Gasteiger partial charge in [-0.15, -0.1) is 0 Å². The summed E-state index contributed by atoms with van der Waals surface area (Å²) in [6.45, 7) is 0. The summed E-state index contributed by atoms with van der Waals surface area (Å²) in [6, 6.07) is 12.4. The highest BCUT2D eigenvalue weighted by molar-refractivity contribution is 9.10. The molecule has 108 valence electrons. The van der Waals surface area contributed by atoms with E-state index in [9.17, 15) is 9.90 Å². The molecule has 1 aliphatic rings. The number of carbonyl (C=O) groups excluding carboxylic acids is 1. The third-order valence-corrected chi connectivity index (χ3v) is 4.29. The van der Waals surface area contributed by atoms with Gasteiger partial charge in [-0.05, 0) is 29.3 Å². The van der Waals surface area contributed by atoms with Crippen LogP contribution in [0.3, 0.4) is 0 Å². The Morgan fingerprint density at radius 3 is 2.81 bits per heavy atom. The molecule has 5 heteroatoms. The summed E-state index contributed by atoms with van der Waals surface area (Å²) in [5, 5.41) is 13.5. The Kier molecular flexibility index (Phi) is 4.02. The molecule has 0 saturated carbocycles. The molecule has 0 aromatic heterocycles. The van der Waals surface area contributed by atoms with E-state index in [-0.39, 0.29) is 11.9 Å². The highest BCUT2D eigenvalue weighted by Gasteiger charge is 2.32. The first kappa shape index (κ1) is 14.6. The van der Waals surface area contributed by atoms with Gasteiger partial charge in [0.25, 0.3) is 5.91 Å². The molecule has 2 atom stereocenters. The minimum absolute atomic E-state index is 0.251. The molecule has 2 aromatic rings. The van der Waals surface area contributed by atoms with Gasteiger partial charge < -0.3 is 10.4 Å². The van der Waals surface area contributed by atoms with Gasteiger partial charge in [-0.3, -0.25) is 4.79 Å². The standard InChI is InChI=1S/C16H13BrClNO2/c17-11-5-10(6-12(18)8-11)16(21)19-15-13-4-2-1-3-9(13)7-14(15)20/h1-6,8,14-15,20H,7H2,(H,19,21)/t14-,15+/m0/s1. The first-order valence-electron chi connectivity index (χ1n) is 6.57. The number of aliphatic hydroxyl groups excluding tert-OH is 1. The number of fused-ring (bicyclic) bond motifs is 1. The van der Waals surface area contributed by atoms with Crippen molar-refractivity contribution in [3.05, 3.63) is 68.7 Å². The van der Waals surface area contributed by atoms with Crippen molar-refractivity contribution in [2.45, 2.75) is 18.6 Å². The number of amides is 1. The largest absolute Gasteiger partial charge is 0.390 e. The number of hydrogen-bond donors (Lipinski definition) is 2. The maximum absolute atomic E-state index is 12.4. The molecular formula is C16H13BrClNO2. The van der Waals surface area contributed by atoms with Crippen LogP contribution in [0.4, 0.5) is 0 Å². The van der Waals surface area contributed by atoms with Crippen molar-refractivity contribution in [3.63, 3.8) is 0 Å². The number of benzene rings is 2. The summed E-state index contributed by atoms with van der Waals surface area (Å²) < 4.78 is 0.743. The summed E-state index contributed by atoms with van der Waals surface area (Å²) >= 11 is 9.28. The molecule has 1 aliphatic carbocycles. The van der Waals surface area contributed by atoms with E-state index in [4.69, 9.17) is 11.6 Å². The van der Waals surface area contributed by atoms with E-state index in [1.54, 1.807) is 18.2 Å². The fraction of sp³-hybridized carbons (Fsp3) is 0.188. The van der Waals surface area contributed by atoms with E-state index >= 15 is 0 Å². The lowest BCUT2D eigenvalue weighted by Gasteiger charge is -2.18. The molecule has 3 rings (SSSR count). The molecule has 0 radical (unpaired) electrons. The molecule has 0 unspecified atom stereocenters. The van der Waals surface area contributed by atoms with Gasteiger partial charge in [-0.1, -0.05) is 51.8 Å². The number of nitrogens with one attached hydrogen (secondary N) is 1. The van der Waals surface area contributed by atoms with Gasteiger partial charge in [0.2, 0.25) is 0 Å². The average molecular weight is 367 g/mol. The Morgan fingerprint density at radius 2 is 2.05 bits per heavy atom. The highest BCUT2D eigenvalue weighted by Crippen LogP contribution is 2.31. The van der Waals surface area contributed by atoms with Gasteiger partial charge in [-0.25, -0.2) is 0 Å². The fourth-order valence-corrected chi connectivity index (χ4v) is 3.52. The van der Waals surface area contributed by atoms with Crippen LogP contribution in [0.1, 0.15) is 27.5 Å². The Hall–Kier alpha value is -1.36. The van der Waals surface area contributed by atoms with Gasteiger partial charge in [0.05, 0.1) is 12.1 Å². The molecule has 2 aromatic carbocycles. The van der Waals surface area contributed by atoms with Crippen molar-refractivity contribution in [1.82, 2.24) is 5.32 Å². The maximum Gasteiger partial charge on any atom is 0.251 e. The molecule has 0 spiro atoms. The summed E-state index contributed by atoms with van der Waals surface area (Å²) in [7, 11) is 0. The zero-order chi connectivity index (χ0) is 15.0. The summed E-state index contributed by atoms with van der Waals surface area (Å²) in [6.07, 6.45) is -0.0469. The predicted octanol–water partition coefficient (Wildman–Crippen LogP) is 3.49. The van der Waals surface area contributed by atoms with Crippen LogP contribution in [-0.4, -0.2) is 17.1 Å². The van der Waals surface area contributed by atoms with Crippen LogP contribution in [0, 0.1) is 0 Å². The second-order valence-corrected chi connectivity index (χ2v) is 6.43. The second-order valence-electron chi connectivity index (χ2n) is 5.08. The number of aliphatic hydroxyl groups is 1. The van der Waals surface area contributed by atoms with Crippen LogP contribution in [0.2, 0.25) is 5.02 Å². The molecule has 2 N–H and O–H groups in total. The van der Waals surface area contributed by atoms with E-state index < -0.39 is 6.10 Å². The quantitative estimate of drug-likeness (QED) is 0.855. The topological polar surface area (TPSA) is 49.3 Å². The number of halogens is 2. The van der Waals surface area contributed by atoms with E-state index in [1.165, 1.54) is 0 Å². The normalized spacial score (nSPS) is 20.1. The lowest BCUT2D eigenvalue weighted by Crippen LogP contribution is -2.33. The molecule has 1 amide bonds. The molecule has 0 aliphatic heterocycles. The lowest BCUT2D eigenvalue weighted by molar-refractivity contribution is 0.0858. The zero-order valence-corrected chi connectivity index (χ0v) is 13.4. The van der Waals surface area contributed by atoms with Crippen molar-refractivity contribution in [1.29, 1.82) is 0 Å². The lowest BCUT2D eigenvalue weighted by atomic mass is 10.1. The van der Waals surface area contributed by atoms with Crippen LogP contribution in [0.15, 0.2) is 46.9 Å². The second kappa shape index (κ2) is 5.79. The fourth-order valence-electron chi connectivity index (χ4n) is 2.66. The van der Waals surface area contributed by atoms with Crippen LogP contribution >= 0.6 is 27.5 Å². The van der Waals surface area contributed by atoms with E-state index in [2.05, 4.69) is 21.2 Å². The smallest absolute Gasteiger partial charge is 0.251 e. The molecule has 3 nitrogen and oxygen atoms in total. The first-order valence-corrected chi connectivity index (χ1v) is 7.74. The van der Waals surface area contributed by atoms with Crippen molar-refractivity contribution in [3.8, 4) is 0 Å². The van der Waals surface area contributed by atoms with Crippen molar-refractivity contribution < 1.29 is 9.90 Å². The van der Waals surface area contributed by atoms with E-state index in [0.29, 0.717) is 17.0 Å². The number of hydrogen-bond acceptors (Lipinski definition) is 2. The van der Waals surface area contributed by atoms with E-state index in [0.717, 1.165) is 15.6 Å². The van der Waals surface area contributed by atoms with Crippen LogP contribution < -0.4 is 5.32 Å². The monoisotopic (exact) mass is 365 g/mol. The maximum atomic E-state index is 12.4.